The molecule has 22 heavy (non-hydrogen) atoms. The second-order valence-corrected chi connectivity index (χ2v) is 5.86. The van der Waals surface area contributed by atoms with E-state index in [0.29, 0.717) is 0 Å². The van der Waals surface area contributed by atoms with Gasteiger partial charge in [0.05, 0.1) is 0 Å². The summed E-state index contributed by atoms with van der Waals surface area (Å²) in [5, 5.41) is 0. The quantitative estimate of drug-likeness (QED) is 0.848. The number of hydrogen-bond donors (Lipinski definition) is 0. The predicted molar refractivity (Wildman–Crippen MR) is 90.5 cm³/mol. The lowest BCUT2D eigenvalue weighted by Gasteiger charge is -2.36. The van der Waals surface area contributed by atoms with E-state index in [1.54, 1.807) is 0 Å². The van der Waals surface area contributed by atoms with Crippen molar-refractivity contribution in [2.24, 2.45) is 0 Å². The Morgan fingerprint density at radius 3 is 2.23 bits per heavy atom. The maximum Gasteiger partial charge on any atom is 0.254 e. The van der Waals surface area contributed by atoms with Gasteiger partial charge in [-0.25, -0.2) is 0 Å². The van der Waals surface area contributed by atoms with Crippen molar-refractivity contribution in [2.75, 3.05) is 31.1 Å². The highest BCUT2D eigenvalue weighted by Gasteiger charge is 2.23. The van der Waals surface area contributed by atoms with Crippen molar-refractivity contribution >= 4 is 11.6 Å². The van der Waals surface area contributed by atoms with Gasteiger partial charge in [-0.2, -0.15) is 0 Å². The summed E-state index contributed by atoms with van der Waals surface area (Å²) < 4.78 is 0. The van der Waals surface area contributed by atoms with Gasteiger partial charge in [-0.15, -0.1) is 0 Å². The molecule has 0 atom stereocenters. The Bertz CT molecular complexity index is 658. The van der Waals surface area contributed by atoms with Crippen LogP contribution in [0.1, 0.15) is 21.5 Å². The number of carbonyl (C=O) groups is 1. The Kier molecular flexibility index (Phi) is 4.14. The van der Waals surface area contributed by atoms with Gasteiger partial charge in [0.15, 0.2) is 0 Å². The van der Waals surface area contributed by atoms with Crippen molar-refractivity contribution in [3.8, 4) is 0 Å². The number of nitrogens with zero attached hydrogens (tertiary/aromatic N) is 2. The molecule has 1 amide bonds. The number of para-hydroxylation sites is 1. The average Bonchev–Trinajstić information content (AvgIpc) is 2.58. The van der Waals surface area contributed by atoms with E-state index in [1.807, 2.05) is 30.0 Å². The smallest absolute Gasteiger partial charge is 0.254 e. The van der Waals surface area contributed by atoms with Crippen LogP contribution in [-0.2, 0) is 0 Å². The third-order valence-corrected chi connectivity index (χ3v) is 4.52. The van der Waals surface area contributed by atoms with Crippen LogP contribution in [-0.4, -0.2) is 37.0 Å². The van der Waals surface area contributed by atoms with Gasteiger partial charge in [0.25, 0.3) is 5.91 Å². The molecule has 2 aromatic carbocycles. The minimum atomic E-state index is 0.161. The molecule has 0 spiro atoms. The van der Waals surface area contributed by atoms with Crippen LogP contribution in [0.15, 0.2) is 48.5 Å². The fourth-order valence-electron chi connectivity index (χ4n) is 2.96. The molecule has 1 saturated heterocycles. The van der Waals surface area contributed by atoms with E-state index in [4.69, 9.17) is 0 Å². The van der Waals surface area contributed by atoms with Crippen LogP contribution >= 0.6 is 0 Å². The fraction of sp³-hybridized carbons (Fsp3) is 0.316. The first-order chi connectivity index (χ1) is 10.7. The first kappa shape index (κ1) is 14.6. The summed E-state index contributed by atoms with van der Waals surface area (Å²) in [4.78, 5) is 17.0. The van der Waals surface area contributed by atoms with Crippen LogP contribution in [0.4, 0.5) is 5.69 Å². The molecule has 2 aromatic rings. The van der Waals surface area contributed by atoms with E-state index in [1.165, 1.54) is 11.3 Å². The highest BCUT2D eigenvalue weighted by atomic mass is 16.2. The number of amides is 1. The number of rotatable bonds is 2. The summed E-state index contributed by atoms with van der Waals surface area (Å²) in [5.74, 6) is 0.161. The molecule has 114 valence electrons. The van der Waals surface area contributed by atoms with Gasteiger partial charge in [-0.3, -0.25) is 4.79 Å². The normalized spacial score (nSPS) is 15.0. The molecule has 1 aliphatic rings. The van der Waals surface area contributed by atoms with Crippen molar-refractivity contribution in [2.45, 2.75) is 13.8 Å². The molecule has 1 heterocycles. The Morgan fingerprint density at radius 1 is 0.864 bits per heavy atom. The lowest BCUT2D eigenvalue weighted by Crippen LogP contribution is -2.49. The molecule has 0 saturated carbocycles. The number of carbonyl (C=O) groups excluding carboxylic acids is 1. The van der Waals surface area contributed by atoms with Gasteiger partial charge in [-0.05, 0) is 43.2 Å². The minimum Gasteiger partial charge on any atom is -0.368 e. The summed E-state index contributed by atoms with van der Waals surface area (Å²) >= 11 is 0. The lowest BCUT2D eigenvalue weighted by atomic mass is 10.0. The molecule has 0 radical (unpaired) electrons. The zero-order valence-electron chi connectivity index (χ0n) is 13.2. The van der Waals surface area contributed by atoms with Crippen molar-refractivity contribution < 1.29 is 4.79 Å². The number of benzene rings is 2. The molecular weight excluding hydrogens is 272 g/mol. The first-order valence-corrected chi connectivity index (χ1v) is 7.82. The maximum absolute atomic E-state index is 12.7. The predicted octanol–water partition coefficient (Wildman–Crippen LogP) is 3.27. The highest BCUT2D eigenvalue weighted by Crippen LogP contribution is 2.19. The van der Waals surface area contributed by atoms with Gasteiger partial charge >= 0.3 is 0 Å². The van der Waals surface area contributed by atoms with E-state index >= 15 is 0 Å². The van der Waals surface area contributed by atoms with E-state index in [9.17, 15) is 4.79 Å². The summed E-state index contributed by atoms with van der Waals surface area (Å²) in [5.41, 5.74) is 4.35. The molecule has 0 bridgehead atoms. The second kappa shape index (κ2) is 6.22. The summed E-state index contributed by atoms with van der Waals surface area (Å²) in [6.45, 7) is 7.42. The monoisotopic (exact) mass is 294 g/mol. The molecule has 1 aliphatic heterocycles. The first-order valence-electron chi connectivity index (χ1n) is 7.82. The molecule has 0 unspecified atom stereocenters. The molecule has 0 aliphatic carbocycles. The van der Waals surface area contributed by atoms with Gasteiger partial charge in [0.1, 0.15) is 0 Å². The van der Waals surface area contributed by atoms with E-state index in [-0.39, 0.29) is 5.91 Å². The summed E-state index contributed by atoms with van der Waals surface area (Å²) in [7, 11) is 0. The number of anilines is 1. The van der Waals surface area contributed by atoms with Gasteiger partial charge in [0.2, 0.25) is 0 Å². The Morgan fingerprint density at radius 2 is 1.55 bits per heavy atom. The van der Waals surface area contributed by atoms with Crippen molar-refractivity contribution in [3.63, 3.8) is 0 Å². The number of piperazine rings is 1. The zero-order chi connectivity index (χ0) is 15.5. The van der Waals surface area contributed by atoms with Crippen molar-refractivity contribution in [3.05, 3.63) is 65.2 Å². The van der Waals surface area contributed by atoms with Crippen LogP contribution in [0, 0.1) is 13.8 Å². The van der Waals surface area contributed by atoms with Crippen molar-refractivity contribution in [1.29, 1.82) is 0 Å². The lowest BCUT2D eigenvalue weighted by molar-refractivity contribution is 0.0746. The Hall–Kier alpha value is -2.29. The van der Waals surface area contributed by atoms with E-state index in [2.05, 4.69) is 42.2 Å². The molecule has 1 fully saturated rings. The van der Waals surface area contributed by atoms with Gasteiger partial charge in [-0.1, -0.05) is 30.3 Å². The van der Waals surface area contributed by atoms with Gasteiger partial charge in [0, 0.05) is 37.4 Å². The fourth-order valence-corrected chi connectivity index (χ4v) is 2.96. The molecule has 3 rings (SSSR count). The van der Waals surface area contributed by atoms with E-state index < -0.39 is 0 Å². The van der Waals surface area contributed by atoms with Crippen LogP contribution in [0.5, 0.6) is 0 Å². The van der Waals surface area contributed by atoms with Crippen LogP contribution in [0.25, 0.3) is 0 Å². The van der Waals surface area contributed by atoms with Crippen LogP contribution in [0.3, 0.4) is 0 Å². The Labute approximate surface area is 132 Å². The van der Waals surface area contributed by atoms with E-state index in [0.717, 1.165) is 37.3 Å². The van der Waals surface area contributed by atoms with Crippen molar-refractivity contribution in [1.82, 2.24) is 4.90 Å². The average molecular weight is 294 g/mol. The molecular formula is C19H22N2O. The summed E-state index contributed by atoms with van der Waals surface area (Å²) in [6.07, 6.45) is 0. The largest absolute Gasteiger partial charge is 0.368 e. The SMILES string of the molecule is Cc1cccc(C(=O)N2CCN(c3ccccc3)CC2)c1C. The highest BCUT2D eigenvalue weighted by molar-refractivity contribution is 5.96. The molecule has 0 N–H and O–H groups in total. The second-order valence-electron chi connectivity index (χ2n) is 5.86. The third-order valence-electron chi connectivity index (χ3n) is 4.52. The number of aryl methyl sites for hydroxylation is 1. The third kappa shape index (κ3) is 2.84. The molecule has 0 aromatic heterocycles. The van der Waals surface area contributed by atoms with Crippen LogP contribution < -0.4 is 4.90 Å². The topological polar surface area (TPSA) is 23.6 Å². The molecule has 3 heteroatoms. The Balaban J connectivity index is 1.69. The summed E-state index contributed by atoms with van der Waals surface area (Å²) in [6, 6.07) is 16.4. The standard InChI is InChI=1S/C19H22N2O/c1-15-7-6-10-18(16(15)2)19(22)21-13-11-20(12-14-21)17-8-4-3-5-9-17/h3-10H,11-14H2,1-2H3. The zero-order valence-corrected chi connectivity index (χ0v) is 13.2. The minimum absolute atomic E-state index is 0.161. The number of hydrogen-bond acceptors (Lipinski definition) is 2. The maximum atomic E-state index is 12.7. The van der Waals surface area contributed by atoms with Crippen LogP contribution in [0.2, 0.25) is 0 Å². The molecule has 3 nitrogen and oxygen atoms in total. The van der Waals surface area contributed by atoms with Gasteiger partial charge < -0.3 is 9.80 Å².